The van der Waals surface area contributed by atoms with Crippen molar-refractivity contribution in [1.29, 1.82) is 0 Å². The van der Waals surface area contributed by atoms with E-state index < -0.39 is 0 Å². The number of hydrogen-bond donors (Lipinski definition) is 0. The highest BCUT2D eigenvalue weighted by Crippen LogP contribution is 2.29. The van der Waals surface area contributed by atoms with Crippen LogP contribution in [0, 0.1) is 0 Å². The first-order valence-corrected chi connectivity index (χ1v) is 8.08. The second-order valence-electron chi connectivity index (χ2n) is 4.07. The topological polar surface area (TPSA) is 34.4 Å². The van der Waals surface area contributed by atoms with E-state index in [0.29, 0.717) is 19.7 Å². The lowest BCUT2D eigenvalue weighted by molar-refractivity contribution is 0.100. The number of nitrogens with zero attached hydrogens (tertiary/aromatic N) is 2. The van der Waals surface area contributed by atoms with Crippen molar-refractivity contribution in [1.82, 2.24) is 4.57 Å². The number of fused-ring (bicyclic) bond motifs is 1. The van der Waals surface area contributed by atoms with Crippen molar-refractivity contribution >= 4 is 62.0 Å². The highest BCUT2D eigenvalue weighted by atomic mass is 35.5. The molecule has 3 aromatic rings. The highest BCUT2D eigenvalue weighted by molar-refractivity contribution is 7.16. The number of aryl methyl sites for hydroxylation is 1. The zero-order valence-corrected chi connectivity index (χ0v) is 13.4. The summed E-state index contributed by atoms with van der Waals surface area (Å²) in [6.07, 6.45) is 0. The van der Waals surface area contributed by atoms with Gasteiger partial charge in [0.05, 0.1) is 20.1 Å². The molecule has 0 unspecified atom stereocenters. The molecule has 0 bridgehead atoms. The molecule has 0 saturated heterocycles. The van der Waals surface area contributed by atoms with Crippen molar-refractivity contribution in [2.75, 3.05) is 0 Å². The first-order valence-electron chi connectivity index (χ1n) is 5.63. The number of rotatable bonds is 1. The molecule has 0 spiro atoms. The summed E-state index contributed by atoms with van der Waals surface area (Å²) in [7, 11) is 1.83. The summed E-state index contributed by atoms with van der Waals surface area (Å²) in [5.74, 6) is -0.246. The zero-order valence-electron chi connectivity index (χ0n) is 10.3. The molecule has 3 nitrogen and oxygen atoms in total. The average molecular weight is 343 g/mol. The second-order valence-corrected chi connectivity index (χ2v) is 6.87. The molecule has 7 heteroatoms. The second kappa shape index (κ2) is 5.33. The molecule has 0 aliphatic rings. The number of aromatic nitrogens is 1. The fourth-order valence-corrected chi connectivity index (χ4v) is 4.28. The van der Waals surface area contributed by atoms with Gasteiger partial charge in [-0.15, -0.1) is 11.3 Å². The maximum absolute atomic E-state index is 12.0. The van der Waals surface area contributed by atoms with Gasteiger partial charge in [0.25, 0.3) is 5.91 Å². The van der Waals surface area contributed by atoms with Gasteiger partial charge in [0.2, 0.25) is 0 Å². The van der Waals surface area contributed by atoms with Crippen LogP contribution in [0.25, 0.3) is 10.2 Å². The van der Waals surface area contributed by atoms with Crippen LogP contribution in [-0.4, -0.2) is 10.5 Å². The number of halogens is 2. The predicted molar refractivity (Wildman–Crippen MR) is 85.0 cm³/mol. The molecule has 102 valence electrons. The Morgan fingerprint density at radius 2 is 2.15 bits per heavy atom. The summed E-state index contributed by atoms with van der Waals surface area (Å²) in [5, 5.41) is 2.97. The van der Waals surface area contributed by atoms with Gasteiger partial charge in [-0.1, -0.05) is 40.6 Å². The molecule has 0 radical (unpaired) electrons. The summed E-state index contributed by atoms with van der Waals surface area (Å²) in [6, 6.07) is 7.09. The Morgan fingerprint density at radius 1 is 1.35 bits per heavy atom. The van der Waals surface area contributed by atoms with Crippen molar-refractivity contribution < 1.29 is 4.79 Å². The largest absolute Gasteiger partial charge is 0.318 e. The van der Waals surface area contributed by atoms with Gasteiger partial charge in [-0.05, 0) is 23.6 Å². The van der Waals surface area contributed by atoms with Crippen LogP contribution < -0.4 is 4.80 Å². The predicted octanol–water partition coefficient (Wildman–Crippen LogP) is 4.35. The van der Waals surface area contributed by atoms with Crippen LogP contribution in [0.5, 0.6) is 0 Å². The lowest BCUT2D eigenvalue weighted by Crippen LogP contribution is -2.12. The van der Waals surface area contributed by atoms with Crippen LogP contribution in [0.1, 0.15) is 9.67 Å². The lowest BCUT2D eigenvalue weighted by atomic mass is 10.3. The summed E-state index contributed by atoms with van der Waals surface area (Å²) in [5.41, 5.74) is 0.832. The van der Waals surface area contributed by atoms with Gasteiger partial charge < -0.3 is 4.57 Å². The number of amides is 1. The van der Waals surface area contributed by atoms with Crippen molar-refractivity contribution in [3.05, 3.63) is 49.4 Å². The Balaban J connectivity index is 2.20. The Kier molecular flexibility index (Phi) is 3.69. The summed E-state index contributed by atoms with van der Waals surface area (Å²) >= 11 is 14.9. The fourth-order valence-electron chi connectivity index (χ4n) is 1.85. The van der Waals surface area contributed by atoms with Crippen molar-refractivity contribution in [2.45, 2.75) is 0 Å². The van der Waals surface area contributed by atoms with Crippen molar-refractivity contribution in [2.24, 2.45) is 12.0 Å². The third-order valence-corrected chi connectivity index (χ3v) is 5.19. The third-order valence-electron chi connectivity index (χ3n) is 2.75. The third kappa shape index (κ3) is 2.42. The van der Waals surface area contributed by atoms with Crippen LogP contribution in [0.3, 0.4) is 0 Å². The first kappa shape index (κ1) is 13.8. The highest BCUT2D eigenvalue weighted by Gasteiger charge is 2.10. The van der Waals surface area contributed by atoms with Gasteiger partial charge in [-0.2, -0.15) is 4.99 Å². The molecular weight excluding hydrogens is 335 g/mol. The quantitative estimate of drug-likeness (QED) is 0.647. The summed E-state index contributed by atoms with van der Waals surface area (Å²) < 4.78 is 2.71. The number of hydrogen-bond acceptors (Lipinski definition) is 3. The minimum absolute atomic E-state index is 0.246. The van der Waals surface area contributed by atoms with Gasteiger partial charge in [0.1, 0.15) is 0 Å². The van der Waals surface area contributed by atoms with E-state index in [2.05, 4.69) is 4.99 Å². The molecule has 0 N–H and O–H groups in total. The molecule has 0 aliphatic carbocycles. The lowest BCUT2D eigenvalue weighted by Gasteiger charge is -1.98. The number of thiophene rings is 1. The monoisotopic (exact) mass is 342 g/mol. The molecule has 2 aromatic heterocycles. The molecule has 2 heterocycles. The molecule has 0 aliphatic heterocycles. The van der Waals surface area contributed by atoms with E-state index in [1.165, 1.54) is 22.7 Å². The minimum Gasteiger partial charge on any atom is -0.318 e. The van der Waals surface area contributed by atoms with Gasteiger partial charge in [-0.25, -0.2) is 0 Å². The maximum atomic E-state index is 12.0. The van der Waals surface area contributed by atoms with E-state index in [1.54, 1.807) is 12.1 Å². The van der Waals surface area contributed by atoms with Crippen LogP contribution in [0.15, 0.2) is 34.6 Å². The Hall–Kier alpha value is -1.14. The number of carbonyl (C=O) groups is 1. The Bertz CT molecular complexity index is 863. The zero-order chi connectivity index (χ0) is 14.3. The molecule has 1 aromatic carbocycles. The van der Waals surface area contributed by atoms with Crippen molar-refractivity contribution in [3.8, 4) is 0 Å². The average Bonchev–Trinajstić information content (AvgIpc) is 2.98. The van der Waals surface area contributed by atoms with Crippen LogP contribution in [0.4, 0.5) is 0 Å². The molecule has 0 fully saturated rings. The number of thiazole rings is 1. The molecule has 1 amide bonds. The summed E-state index contributed by atoms with van der Waals surface area (Å²) in [4.78, 5) is 17.4. The van der Waals surface area contributed by atoms with E-state index >= 15 is 0 Å². The Morgan fingerprint density at radius 3 is 2.85 bits per heavy atom. The van der Waals surface area contributed by atoms with Gasteiger partial charge >= 0.3 is 0 Å². The molecule has 0 atom stereocenters. The Labute approximate surface area is 132 Å². The summed E-state index contributed by atoms with van der Waals surface area (Å²) in [6.45, 7) is 0. The maximum Gasteiger partial charge on any atom is 0.289 e. The number of carbonyl (C=O) groups excluding carboxylic acids is 1. The standard InChI is InChI=1S/C13H8Cl2N2OS2/c1-17-11-8(15)5-7(14)6-10(11)20-13(17)16-12(18)9-3-2-4-19-9/h2-6H,1H3. The SMILES string of the molecule is Cn1c(=NC(=O)c2cccs2)sc2cc(Cl)cc(Cl)c21. The van der Waals surface area contributed by atoms with Crippen molar-refractivity contribution in [3.63, 3.8) is 0 Å². The van der Waals surface area contributed by atoms with Gasteiger partial charge in [-0.3, -0.25) is 4.79 Å². The van der Waals surface area contributed by atoms with E-state index in [-0.39, 0.29) is 5.91 Å². The normalized spacial score (nSPS) is 12.2. The fraction of sp³-hybridized carbons (Fsp3) is 0.0769. The smallest absolute Gasteiger partial charge is 0.289 e. The van der Waals surface area contributed by atoms with Gasteiger partial charge in [0.15, 0.2) is 4.80 Å². The molecule has 20 heavy (non-hydrogen) atoms. The van der Waals surface area contributed by atoms with Crippen LogP contribution >= 0.6 is 45.9 Å². The van der Waals surface area contributed by atoms with Gasteiger partial charge in [0, 0.05) is 12.1 Å². The van der Waals surface area contributed by atoms with Crippen LogP contribution in [-0.2, 0) is 7.05 Å². The van der Waals surface area contributed by atoms with E-state index in [9.17, 15) is 4.79 Å². The first-order chi connectivity index (χ1) is 9.56. The minimum atomic E-state index is -0.246. The molecule has 0 saturated carbocycles. The van der Waals surface area contributed by atoms with E-state index in [0.717, 1.165) is 10.2 Å². The molecular formula is C13H8Cl2N2OS2. The van der Waals surface area contributed by atoms with E-state index in [1.807, 2.05) is 29.1 Å². The van der Waals surface area contributed by atoms with Crippen LogP contribution in [0.2, 0.25) is 10.0 Å². The molecule has 3 rings (SSSR count). The number of benzene rings is 1. The van der Waals surface area contributed by atoms with E-state index in [4.69, 9.17) is 23.2 Å².